The number of ether oxygens (including phenoxy) is 2. The highest BCUT2D eigenvalue weighted by Crippen LogP contribution is 2.31. The van der Waals surface area contributed by atoms with E-state index in [0.29, 0.717) is 37.7 Å². The van der Waals surface area contributed by atoms with Gasteiger partial charge in [0, 0.05) is 32.7 Å². The Morgan fingerprint density at radius 3 is 2.52 bits per heavy atom. The molecule has 0 aromatic carbocycles. The first kappa shape index (κ1) is 24.6. The van der Waals surface area contributed by atoms with Crippen LogP contribution in [0.5, 0.6) is 0 Å². The Morgan fingerprint density at radius 2 is 1.88 bits per heavy atom. The normalized spacial score (nSPS) is 21.5. The van der Waals surface area contributed by atoms with Crippen LogP contribution in [0.3, 0.4) is 0 Å². The van der Waals surface area contributed by atoms with Crippen molar-refractivity contribution in [1.29, 1.82) is 5.26 Å². The fourth-order valence-corrected chi connectivity index (χ4v) is 3.49. The zero-order valence-corrected chi connectivity index (χ0v) is 17.7. The molecule has 11 nitrogen and oxygen atoms in total. The van der Waals surface area contributed by atoms with Gasteiger partial charge in [-0.1, -0.05) is 0 Å². The smallest absolute Gasteiger partial charge is 0.379 e. The predicted octanol–water partition coefficient (Wildman–Crippen LogP) is -0.398. The number of carbonyl (C=O) groups is 2. The Morgan fingerprint density at radius 1 is 1.18 bits per heavy atom. The summed E-state index contributed by atoms with van der Waals surface area (Å²) in [7, 11) is 0. The molecule has 14 heteroatoms. The van der Waals surface area contributed by atoms with E-state index in [1.54, 1.807) is 4.90 Å². The highest BCUT2D eigenvalue weighted by Gasteiger charge is 2.51. The quantitative estimate of drug-likeness (QED) is 0.486. The summed E-state index contributed by atoms with van der Waals surface area (Å²) in [5.74, 6) is -3.02. The molecular formula is C19H24F3N7O4. The highest BCUT2D eigenvalue weighted by molar-refractivity contribution is 5.80. The minimum atomic E-state index is -4.71. The molecule has 2 saturated heterocycles. The third-order valence-electron chi connectivity index (χ3n) is 5.22. The summed E-state index contributed by atoms with van der Waals surface area (Å²) in [6.07, 6.45) is -3.03. The zero-order valence-electron chi connectivity index (χ0n) is 17.7. The maximum Gasteiger partial charge on any atom is 0.403 e. The Hall–Kier alpha value is -3.02. The third kappa shape index (κ3) is 6.73. The molecule has 0 radical (unpaired) electrons. The molecule has 33 heavy (non-hydrogen) atoms. The Labute approximate surface area is 187 Å². The first-order chi connectivity index (χ1) is 15.8. The topological polar surface area (TPSA) is 133 Å². The molecule has 2 aliphatic heterocycles. The van der Waals surface area contributed by atoms with E-state index < -0.39 is 24.1 Å². The minimum Gasteiger partial charge on any atom is -0.379 e. The number of hydrogen-bond donors (Lipinski definition) is 2. The predicted molar refractivity (Wildman–Crippen MR) is 106 cm³/mol. The van der Waals surface area contributed by atoms with Gasteiger partial charge >= 0.3 is 6.18 Å². The van der Waals surface area contributed by atoms with Gasteiger partial charge in [-0.2, -0.15) is 18.4 Å². The standard InChI is InChI=1S/C19H24F3N7O4/c20-19(21,22)16-14(12-26-27-17(16)31)33-8-7-32-6-1-15(30)28-2-4-29(5-3-28)18-24-10-13(9-23)11-25-18/h10-11,14,16,26H,1-8,12H2,(H,27,31). The van der Waals surface area contributed by atoms with Crippen LogP contribution in [0, 0.1) is 17.2 Å². The van der Waals surface area contributed by atoms with Crippen molar-refractivity contribution >= 4 is 17.8 Å². The number of piperazine rings is 1. The van der Waals surface area contributed by atoms with Crippen LogP contribution in [0.4, 0.5) is 19.1 Å². The number of carbonyl (C=O) groups excluding carboxylic acids is 2. The van der Waals surface area contributed by atoms with E-state index in [1.165, 1.54) is 12.4 Å². The second-order valence-corrected chi connectivity index (χ2v) is 7.41. The molecule has 3 heterocycles. The number of anilines is 1. The van der Waals surface area contributed by atoms with E-state index in [2.05, 4.69) is 15.4 Å². The summed E-state index contributed by atoms with van der Waals surface area (Å²) < 4.78 is 49.6. The van der Waals surface area contributed by atoms with Gasteiger partial charge in [-0.3, -0.25) is 15.0 Å². The summed E-state index contributed by atoms with van der Waals surface area (Å²) in [5, 5.41) is 8.80. The molecule has 0 bridgehead atoms. The molecule has 2 unspecified atom stereocenters. The van der Waals surface area contributed by atoms with E-state index in [-0.39, 0.29) is 38.7 Å². The van der Waals surface area contributed by atoms with Crippen molar-refractivity contribution in [3.63, 3.8) is 0 Å². The number of nitrogens with zero attached hydrogens (tertiary/aromatic N) is 5. The van der Waals surface area contributed by atoms with Gasteiger partial charge in [-0.25, -0.2) is 15.4 Å². The Balaban J connectivity index is 1.31. The van der Waals surface area contributed by atoms with Crippen LogP contribution in [0.15, 0.2) is 12.4 Å². The zero-order chi connectivity index (χ0) is 23.8. The Bertz CT molecular complexity index is 854. The Kier molecular flexibility index (Phi) is 8.37. The van der Waals surface area contributed by atoms with Gasteiger partial charge in [0.25, 0.3) is 0 Å². The van der Waals surface area contributed by atoms with Gasteiger partial charge in [0.2, 0.25) is 17.8 Å². The lowest BCUT2D eigenvalue weighted by atomic mass is 9.99. The second-order valence-electron chi connectivity index (χ2n) is 7.41. The van der Waals surface area contributed by atoms with Crippen LogP contribution in [0.2, 0.25) is 0 Å². The van der Waals surface area contributed by atoms with Gasteiger partial charge in [0.05, 0.1) is 50.3 Å². The van der Waals surface area contributed by atoms with Crippen LogP contribution in [-0.2, 0) is 19.1 Å². The van der Waals surface area contributed by atoms with Gasteiger partial charge in [-0.15, -0.1) is 0 Å². The van der Waals surface area contributed by atoms with E-state index in [4.69, 9.17) is 14.7 Å². The number of nitriles is 1. The summed E-state index contributed by atoms with van der Waals surface area (Å²) in [6, 6.07) is 1.96. The molecule has 0 spiro atoms. The van der Waals surface area contributed by atoms with Crippen LogP contribution >= 0.6 is 0 Å². The first-order valence-electron chi connectivity index (χ1n) is 10.3. The lowest BCUT2D eigenvalue weighted by Gasteiger charge is -2.34. The maximum atomic E-state index is 13.0. The summed E-state index contributed by atoms with van der Waals surface area (Å²) >= 11 is 0. The number of aromatic nitrogens is 2. The van der Waals surface area contributed by atoms with Crippen molar-refractivity contribution in [3.05, 3.63) is 18.0 Å². The van der Waals surface area contributed by atoms with Crippen molar-refractivity contribution in [1.82, 2.24) is 25.7 Å². The van der Waals surface area contributed by atoms with Crippen LogP contribution < -0.4 is 15.8 Å². The summed E-state index contributed by atoms with van der Waals surface area (Å²) in [6.45, 7) is 1.87. The SMILES string of the molecule is N#Cc1cnc(N2CCN(C(=O)CCOCCOC3CNNC(=O)C3C(F)(F)F)CC2)nc1. The average Bonchev–Trinajstić information content (AvgIpc) is 2.80. The molecule has 0 aliphatic carbocycles. The summed E-state index contributed by atoms with van der Waals surface area (Å²) in [5.41, 5.74) is 4.70. The van der Waals surface area contributed by atoms with E-state index >= 15 is 0 Å². The number of nitrogens with one attached hydrogen (secondary N) is 2. The summed E-state index contributed by atoms with van der Waals surface area (Å²) in [4.78, 5) is 35.7. The molecule has 3 rings (SSSR count). The molecular weight excluding hydrogens is 447 g/mol. The minimum absolute atomic E-state index is 0.000213. The van der Waals surface area contributed by atoms with Gasteiger partial charge in [0.15, 0.2) is 5.92 Å². The number of amides is 2. The van der Waals surface area contributed by atoms with Gasteiger partial charge < -0.3 is 19.3 Å². The molecule has 0 saturated carbocycles. The van der Waals surface area contributed by atoms with Crippen LogP contribution in [-0.4, -0.2) is 91.5 Å². The van der Waals surface area contributed by atoms with Gasteiger partial charge in [0.1, 0.15) is 6.07 Å². The first-order valence-corrected chi connectivity index (χ1v) is 10.3. The third-order valence-corrected chi connectivity index (χ3v) is 5.22. The van der Waals surface area contributed by atoms with Crippen molar-refractivity contribution in [2.75, 3.05) is 57.4 Å². The lowest BCUT2D eigenvalue weighted by molar-refractivity contribution is -0.214. The number of alkyl halides is 3. The fourth-order valence-electron chi connectivity index (χ4n) is 3.49. The molecule has 2 atom stereocenters. The van der Waals surface area contributed by atoms with E-state index in [0.717, 1.165) is 0 Å². The lowest BCUT2D eigenvalue weighted by Crippen LogP contribution is -2.60. The van der Waals surface area contributed by atoms with Crippen molar-refractivity contribution in [3.8, 4) is 6.07 Å². The van der Waals surface area contributed by atoms with Crippen LogP contribution in [0.1, 0.15) is 12.0 Å². The molecule has 2 aliphatic rings. The van der Waals surface area contributed by atoms with Crippen molar-refractivity contribution in [2.45, 2.75) is 18.7 Å². The maximum absolute atomic E-state index is 13.0. The number of hydrazine groups is 1. The monoisotopic (exact) mass is 471 g/mol. The van der Waals surface area contributed by atoms with Crippen molar-refractivity contribution in [2.24, 2.45) is 5.92 Å². The number of halogens is 3. The molecule has 1 aromatic heterocycles. The van der Waals surface area contributed by atoms with Gasteiger partial charge in [-0.05, 0) is 0 Å². The number of hydrogen-bond acceptors (Lipinski definition) is 9. The largest absolute Gasteiger partial charge is 0.403 e. The molecule has 2 fully saturated rings. The molecule has 180 valence electrons. The van der Waals surface area contributed by atoms with Crippen molar-refractivity contribution < 1.29 is 32.2 Å². The molecule has 2 N–H and O–H groups in total. The fraction of sp³-hybridized carbons (Fsp3) is 0.632. The number of rotatable bonds is 8. The molecule has 2 amide bonds. The van der Waals surface area contributed by atoms with Crippen LogP contribution in [0.25, 0.3) is 0 Å². The average molecular weight is 471 g/mol. The highest BCUT2D eigenvalue weighted by atomic mass is 19.4. The molecule has 1 aromatic rings. The van der Waals surface area contributed by atoms with E-state index in [1.807, 2.05) is 16.4 Å². The second kappa shape index (κ2) is 11.2. The van der Waals surface area contributed by atoms with E-state index in [9.17, 15) is 22.8 Å².